The monoisotopic (exact) mass is 284 g/mol. The molecule has 2 aromatic rings. The molecule has 0 fully saturated rings. The van der Waals surface area contributed by atoms with Crippen molar-refractivity contribution in [3.05, 3.63) is 40.4 Å². The van der Waals surface area contributed by atoms with E-state index in [4.69, 9.17) is 12.2 Å². The Labute approximate surface area is 112 Å². The summed E-state index contributed by atoms with van der Waals surface area (Å²) in [7, 11) is 0. The number of aromatic nitrogens is 3. The zero-order valence-corrected chi connectivity index (χ0v) is 10.7. The number of ether oxygens (including phenoxy) is 1. The first kappa shape index (κ1) is 13.3. The van der Waals surface area contributed by atoms with Gasteiger partial charge in [0.1, 0.15) is 11.6 Å². The molecule has 1 aromatic carbocycles. The Bertz CT molecular complexity index is 633. The van der Waals surface area contributed by atoms with E-state index in [0.29, 0.717) is 10.6 Å². The van der Waals surface area contributed by atoms with E-state index in [0.717, 1.165) is 5.56 Å². The summed E-state index contributed by atoms with van der Waals surface area (Å²) >= 11 is 4.98. The average Bonchev–Trinajstić information content (AvgIpc) is 2.68. The molecule has 0 bridgehead atoms. The second kappa shape index (κ2) is 5.70. The van der Waals surface area contributed by atoms with Crippen molar-refractivity contribution in [1.29, 1.82) is 0 Å². The van der Waals surface area contributed by atoms with Crippen LogP contribution in [0.1, 0.15) is 11.4 Å². The Kier molecular flexibility index (Phi) is 4.00. The molecule has 0 amide bonds. The number of nitrogens with zero attached hydrogens (tertiary/aromatic N) is 3. The highest BCUT2D eigenvalue weighted by atomic mass is 32.1. The molecule has 19 heavy (non-hydrogen) atoms. The quantitative estimate of drug-likeness (QED) is 0.693. The summed E-state index contributed by atoms with van der Waals surface area (Å²) in [6.45, 7) is -1.07. The maximum absolute atomic E-state index is 12.0. The minimum atomic E-state index is -2.83. The third-order valence-electron chi connectivity index (χ3n) is 2.24. The van der Waals surface area contributed by atoms with Gasteiger partial charge in [0.15, 0.2) is 0 Å². The van der Waals surface area contributed by atoms with E-state index >= 15 is 0 Å². The number of hydrogen-bond donors (Lipinski definition) is 1. The zero-order chi connectivity index (χ0) is 13.8. The molecule has 8 heteroatoms. The van der Waals surface area contributed by atoms with Crippen LogP contribution >= 0.6 is 12.2 Å². The number of halogens is 2. The zero-order valence-electron chi connectivity index (χ0n) is 9.88. The van der Waals surface area contributed by atoms with Gasteiger partial charge < -0.3 is 4.74 Å². The van der Waals surface area contributed by atoms with Gasteiger partial charge in [-0.25, -0.2) is 0 Å². The molecular formula is C11H10F2N4OS. The number of nitrogens with one attached hydrogen (secondary N) is 1. The van der Waals surface area contributed by atoms with Gasteiger partial charge in [-0.2, -0.15) is 23.7 Å². The Balaban J connectivity index is 2.14. The van der Waals surface area contributed by atoms with Crippen molar-refractivity contribution < 1.29 is 13.5 Å². The minimum Gasteiger partial charge on any atom is -0.435 e. The standard InChI is InChI=1S/C11H10F2N4OS/c1-7-15-16-11(19)17(7)14-6-8-2-4-9(5-3-8)18-10(12)13/h2-6,10H,1H3,(H,16,19). The van der Waals surface area contributed by atoms with E-state index in [-0.39, 0.29) is 5.75 Å². The maximum Gasteiger partial charge on any atom is 0.387 e. The SMILES string of the molecule is Cc1n[nH]c(=S)n1N=Cc1ccc(OC(F)F)cc1. The number of rotatable bonds is 4. The van der Waals surface area contributed by atoms with Gasteiger partial charge in [-0.1, -0.05) is 0 Å². The Morgan fingerprint density at radius 3 is 2.63 bits per heavy atom. The van der Waals surface area contributed by atoms with E-state index in [9.17, 15) is 8.78 Å². The molecule has 0 unspecified atom stereocenters. The van der Waals surface area contributed by atoms with Gasteiger partial charge in [-0.15, -0.1) is 0 Å². The van der Waals surface area contributed by atoms with Crippen molar-refractivity contribution >= 4 is 18.4 Å². The summed E-state index contributed by atoms with van der Waals surface area (Å²) in [5, 5.41) is 10.6. The lowest BCUT2D eigenvalue weighted by molar-refractivity contribution is -0.0498. The second-order valence-electron chi connectivity index (χ2n) is 3.58. The molecule has 0 aliphatic rings. The molecule has 1 heterocycles. The van der Waals surface area contributed by atoms with Gasteiger partial charge in [0.25, 0.3) is 0 Å². The highest BCUT2D eigenvalue weighted by Gasteiger charge is 2.03. The van der Waals surface area contributed by atoms with Crippen molar-refractivity contribution in [2.24, 2.45) is 5.10 Å². The lowest BCUT2D eigenvalue weighted by Crippen LogP contribution is -2.01. The van der Waals surface area contributed by atoms with Gasteiger partial charge in [-0.05, 0) is 49.0 Å². The summed E-state index contributed by atoms with van der Waals surface area (Å²) in [4.78, 5) is 0. The Morgan fingerprint density at radius 2 is 2.11 bits per heavy atom. The molecule has 0 radical (unpaired) electrons. The minimum absolute atomic E-state index is 0.100. The summed E-state index contributed by atoms with van der Waals surface area (Å²) in [6, 6.07) is 6.10. The molecule has 0 atom stereocenters. The van der Waals surface area contributed by atoms with E-state index in [1.54, 1.807) is 25.3 Å². The van der Waals surface area contributed by atoms with Crippen LogP contribution in [0, 0.1) is 11.7 Å². The largest absolute Gasteiger partial charge is 0.435 e. The lowest BCUT2D eigenvalue weighted by atomic mass is 10.2. The van der Waals surface area contributed by atoms with Crippen LogP contribution < -0.4 is 4.74 Å². The van der Waals surface area contributed by atoms with Crippen molar-refractivity contribution in [2.45, 2.75) is 13.5 Å². The van der Waals surface area contributed by atoms with Gasteiger partial charge in [0, 0.05) is 0 Å². The van der Waals surface area contributed by atoms with Crippen LogP contribution in [-0.2, 0) is 0 Å². The average molecular weight is 284 g/mol. The number of aromatic amines is 1. The molecule has 0 aliphatic heterocycles. The van der Waals surface area contributed by atoms with Crippen LogP contribution in [0.25, 0.3) is 0 Å². The first-order valence-corrected chi connectivity index (χ1v) is 5.70. The highest BCUT2D eigenvalue weighted by molar-refractivity contribution is 7.71. The molecule has 100 valence electrons. The summed E-state index contributed by atoms with van der Waals surface area (Å²) < 4.78 is 30.0. The number of aryl methyl sites for hydroxylation is 1. The smallest absolute Gasteiger partial charge is 0.387 e. The van der Waals surface area contributed by atoms with E-state index < -0.39 is 6.61 Å². The predicted octanol–water partition coefficient (Wildman–Crippen LogP) is 2.73. The van der Waals surface area contributed by atoms with Crippen LogP contribution in [-0.4, -0.2) is 27.7 Å². The second-order valence-corrected chi connectivity index (χ2v) is 3.97. The third kappa shape index (κ3) is 3.44. The predicted molar refractivity (Wildman–Crippen MR) is 68.2 cm³/mol. The van der Waals surface area contributed by atoms with Crippen LogP contribution in [0.2, 0.25) is 0 Å². The summed E-state index contributed by atoms with van der Waals surface area (Å²) in [6.07, 6.45) is 1.55. The normalized spacial score (nSPS) is 11.4. The molecular weight excluding hydrogens is 274 g/mol. The van der Waals surface area contributed by atoms with Crippen LogP contribution in [0.4, 0.5) is 8.78 Å². The van der Waals surface area contributed by atoms with E-state index in [2.05, 4.69) is 20.0 Å². The van der Waals surface area contributed by atoms with Crippen molar-refractivity contribution in [1.82, 2.24) is 14.9 Å². The third-order valence-corrected chi connectivity index (χ3v) is 2.50. The molecule has 2 rings (SSSR count). The fraction of sp³-hybridized carbons (Fsp3) is 0.182. The molecule has 0 aliphatic carbocycles. The number of hydrogen-bond acceptors (Lipinski definition) is 4. The Hall–Kier alpha value is -2.09. The highest BCUT2D eigenvalue weighted by Crippen LogP contribution is 2.14. The first-order valence-electron chi connectivity index (χ1n) is 5.29. The molecule has 0 saturated carbocycles. The topological polar surface area (TPSA) is 55.2 Å². The van der Waals surface area contributed by atoms with Crippen molar-refractivity contribution in [2.75, 3.05) is 0 Å². The van der Waals surface area contributed by atoms with Crippen LogP contribution in [0.15, 0.2) is 29.4 Å². The van der Waals surface area contributed by atoms with Crippen LogP contribution in [0.5, 0.6) is 5.75 Å². The van der Waals surface area contributed by atoms with E-state index in [1.807, 2.05) is 0 Å². The van der Waals surface area contributed by atoms with Gasteiger partial charge in [0.2, 0.25) is 4.77 Å². The van der Waals surface area contributed by atoms with Gasteiger partial charge in [-0.3, -0.25) is 5.10 Å². The van der Waals surface area contributed by atoms with E-state index in [1.165, 1.54) is 16.8 Å². The summed E-state index contributed by atoms with van der Waals surface area (Å²) in [5.74, 6) is 0.724. The first-order chi connectivity index (χ1) is 9.06. The maximum atomic E-state index is 12.0. The fourth-order valence-corrected chi connectivity index (χ4v) is 1.59. The molecule has 0 saturated heterocycles. The molecule has 1 aromatic heterocycles. The van der Waals surface area contributed by atoms with Crippen LogP contribution in [0.3, 0.4) is 0 Å². The number of H-pyrrole nitrogens is 1. The van der Waals surface area contributed by atoms with Gasteiger partial charge in [0.05, 0.1) is 6.21 Å². The Morgan fingerprint density at radius 1 is 1.42 bits per heavy atom. The molecule has 5 nitrogen and oxygen atoms in total. The van der Waals surface area contributed by atoms with Crippen molar-refractivity contribution in [3.63, 3.8) is 0 Å². The fourth-order valence-electron chi connectivity index (χ4n) is 1.37. The van der Waals surface area contributed by atoms with Gasteiger partial charge >= 0.3 is 6.61 Å². The number of benzene rings is 1. The number of alkyl halides is 2. The summed E-state index contributed by atoms with van der Waals surface area (Å²) in [5.41, 5.74) is 0.726. The van der Waals surface area contributed by atoms with Crippen molar-refractivity contribution in [3.8, 4) is 5.75 Å². The molecule has 0 spiro atoms. The lowest BCUT2D eigenvalue weighted by Gasteiger charge is -2.03. The molecule has 1 N–H and O–H groups in total.